The van der Waals surface area contributed by atoms with Crippen molar-refractivity contribution in [3.05, 3.63) is 34.1 Å². The molecule has 3 rings (SSSR count). The summed E-state index contributed by atoms with van der Waals surface area (Å²) in [4.78, 5) is 27.4. The summed E-state index contributed by atoms with van der Waals surface area (Å²) in [6.45, 7) is 10.2. The SMILES string of the molecule is COc1cc(C(F)(F)F)ccc1-c1nnc(NC2CN(C(=O)OC(C)(C)C)CC(C)(C)C2)c(=O)n1C. The topological polar surface area (TPSA) is 98.6 Å². The van der Waals surface area contributed by atoms with Gasteiger partial charge in [-0.05, 0) is 50.8 Å². The van der Waals surface area contributed by atoms with Crippen molar-refractivity contribution < 1.29 is 27.4 Å². The van der Waals surface area contributed by atoms with Gasteiger partial charge in [-0.15, -0.1) is 10.2 Å². The second-order valence-electron chi connectivity index (χ2n) is 10.7. The van der Waals surface area contributed by atoms with Gasteiger partial charge in [0.2, 0.25) is 5.82 Å². The Balaban J connectivity index is 1.88. The third-order valence-electron chi connectivity index (χ3n) is 5.69. The van der Waals surface area contributed by atoms with Crippen LogP contribution in [0.4, 0.5) is 23.8 Å². The molecule has 1 aliphatic heterocycles. The molecule has 1 amide bonds. The second kappa shape index (κ2) is 9.62. The van der Waals surface area contributed by atoms with Crippen molar-refractivity contribution >= 4 is 11.9 Å². The largest absolute Gasteiger partial charge is 0.496 e. The van der Waals surface area contributed by atoms with E-state index in [2.05, 4.69) is 15.5 Å². The smallest absolute Gasteiger partial charge is 0.416 e. The number of aromatic nitrogens is 3. The number of likely N-dealkylation sites (tertiary alicyclic amines) is 1. The van der Waals surface area contributed by atoms with Gasteiger partial charge in [0.1, 0.15) is 11.4 Å². The molecule has 198 valence electrons. The molecule has 1 aliphatic rings. The molecule has 9 nitrogen and oxygen atoms in total. The minimum atomic E-state index is -4.54. The molecular formula is C24H32F3N5O4. The first-order valence-corrected chi connectivity index (χ1v) is 11.4. The number of hydrogen-bond acceptors (Lipinski definition) is 7. The average molecular weight is 512 g/mol. The molecule has 1 N–H and O–H groups in total. The summed E-state index contributed by atoms with van der Waals surface area (Å²) in [5.41, 5.74) is -2.10. The number of halogens is 3. The predicted octanol–water partition coefficient (Wildman–Crippen LogP) is 4.32. The van der Waals surface area contributed by atoms with E-state index in [1.807, 2.05) is 13.8 Å². The molecule has 1 aromatic carbocycles. The number of benzene rings is 1. The van der Waals surface area contributed by atoms with Gasteiger partial charge in [0.05, 0.1) is 18.2 Å². The predicted molar refractivity (Wildman–Crippen MR) is 128 cm³/mol. The number of anilines is 1. The molecule has 1 atom stereocenters. The standard InChI is InChI=1S/C24H32F3N5O4/c1-22(2,3)36-21(34)32-12-15(11-23(4,5)13-32)28-18-20(33)31(6)19(30-29-18)16-9-8-14(24(25,26)27)10-17(16)35-7/h8-10,15H,11-13H2,1-7H3,(H,28,29). The molecule has 1 aromatic heterocycles. The fourth-order valence-electron chi connectivity index (χ4n) is 4.24. The van der Waals surface area contributed by atoms with Crippen LogP contribution < -0.4 is 15.6 Å². The number of nitrogens with zero attached hydrogens (tertiary/aromatic N) is 4. The van der Waals surface area contributed by atoms with E-state index in [9.17, 15) is 22.8 Å². The second-order valence-corrected chi connectivity index (χ2v) is 10.7. The van der Waals surface area contributed by atoms with E-state index in [0.717, 1.165) is 12.1 Å². The first-order chi connectivity index (χ1) is 16.5. The van der Waals surface area contributed by atoms with E-state index in [1.165, 1.54) is 24.8 Å². The number of amides is 1. The van der Waals surface area contributed by atoms with Gasteiger partial charge < -0.3 is 19.7 Å². The summed E-state index contributed by atoms with van der Waals surface area (Å²) in [6.07, 6.45) is -4.32. The number of carbonyl (C=O) groups excluding carboxylic acids is 1. The molecule has 12 heteroatoms. The zero-order valence-electron chi connectivity index (χ0n) is 21.5. The van der Waals surface area contributed by atoms with Crippen LogP contribution in [0.5, 0.6) is 5.75 Å². The van der Waals surface area contributed by atoms with E-state index in [1.54, 1.807) is 25.7 Å². The van der Waals surface area contributed by atoms with Gasteiger partial charge in [-0.2, -0.15) is 13.2 Å². The number of piperidine rings is 1. The fraction of sp³-hybridized carbons (Fsp3) is 0.583. The maximum Gasteiger partial charge on any atom is 0.416 e. The van der Waals surface area contributed by atoms with Crippen LogP contribution in [-0.2, 0) is 18.0 Å². The average Bonchev–Trinajstić information content (AvgIpc) is 2.74. The van der Waals surface area contributed by atoms with Crippen molar-refractivity contribution in [2.45, 2.75) is 58.9 Å². The zero-order valence-corrected chi connectivity index (χ0v) is 21.5. The number of rotatable bonds is 4. The summed E-state index contributed by atoms with van der Waals surface area (Å²) in [6, 6.07) is 2.64. The molecule has 1 fully saturated rings. The summed E-state index contributed by atoms with van der Waals surface area (Å²) >= 11 is 0. The van der Waals surface area contributed by atoms with E-state index < -0.39 is 29.0 Å². The van der Waals surface area contributed by atoms with Crippen LogP contribution in [0, 0.1) is 5.41 Å². The molecule has 36 heavy (non-hydrogen) atoms. The third kappa shape index (κ3) is 6.27. The molecule has 0 spiro atoms. The maximum atomic E-state index is 13.1. The van der Waals surface area contributed by atoms with Crippen LogP contribution in [0.3, 0.4) is 0 Å². The minimum Gasteiger partial charge on any atom is -0.496 e. The van der Waals surface area contributed by atoms with Gasteiger partial charge >= 0.3 is 12.3 Å². The lowest BCUT2D eigenvalue weighted by Crippen LogP contribution is -2.53. The van der Waals surface area contributed by atoms with Gasteiger partial charge in [0.25, 0.3) is 5.56 Å². The van der Waals surface area contributed by atoms with Gasteiger partial charge in [-0.1, -0.05) is 13.8 Å². The third-order valence-corrected chi connectivity index (χ3v) is 5.69. The zero-order chi connectivity index (χ0) is 27.1. The Morgan fingerprint density at radius 1 is 1.19 bits per heavy atom. The Hall–Kier alpha value is -3.31. The van der Waals surface area contributed by atoms with Crippen molar-refractivity contribution in [2.24, 2.45) is 12.5 Å². The molecule has 1 unspecified atom stereocenters. The van der Waals surface area contributed by atoms with Crippen LogP contribution in [0.2, 0.25) is 0 Å². The van der Waals surface area contributed by atoms with Crippen LogP contribution in [0.1, 0.15) is 46.6 Å². The molecule has 1 saturated heterocycles. The van der Waals surface area contributed by atoms with E-state index >= 15 is 0 Å². The minimum absolute atomic E-state index is 0.0287. The maximum absolute atomic E-state index is 13.1. The molecular weight excluding hydrogens is 479 g/mol. The Kier molecular flexibility index (Phi) is 7.29. The van der Waals surface area contributed by atoms with Gasteiger partial charge in [-0.25, -0.2) is 4.79 Å². The Morgan fingerprint density at radius 2 is 1.86 bits per heavy atom. The van der Waals surface area contributed by atoms with Crippen molar-refractivity contribution in [3.63, 3.8) is 0 Å². The molecule has 2 aromatic rings. The number of nitrogens with one attached hydrogen (secondary N) is 1. The van der Waals surface area contributed by atoms with Crippen LogP contribution in [0.25, 0.3) is 11.4 Å². The highest BCUT2D eigenvalue weighted by Gasteiger charge is 2.37. The van der Waals surface area contributed by atoms with Crippen LogP contribution >= 0.6 is 0 Å². The quantitative estimate of drug-likeness (QED) is 0.653. The first kappa shape index (κ1) is 27.3. The van der Waals surface area contributed by atoms with Gasteiger partial charge in [0, 0.05) is 26.2 Å². The normalized spacial score (nSPS) is 18.1. The number of methoxy groups -OCH3 is 1. The number of hydrogen-bond donors (Lipinski definition) is 1. The Bertz CT molecular complexity index is 1190. The molecule has 2 heterocycles. The summed E-state index contributed by atoms with van der Waals surface area (Å²) in [5.74, 6) is -0.0636. The van der Waals surface area contributed by atoms with Crippen molar-refractivity contribution in [3.8, 4) is 17.1 Å². The monoisotopic (exact) mass is 511 g/mol. The fourth-order valence-corrected chi connectivity index (χ4v) is 4.24. The lowest BCUT2D eigenvalue weighted by Gasteiger charge is -2.42. The summed E-state index contributed by atoms with van der Waals surface area (Å²) < 4.78 is 51.1. The van der Waals surface area contributed by atoms with E-state index in [0.29, 0.717) is 19.5 Å². The summed E-state index contributed by atoms with van der Waals surface area (Å²) in [7, 11) is 2.69. The highest BCUT2D eigenvalue weighted by Crippen LogP contribution is 2.36. The highest BCUT2D eigenvalue weighted by molar-refractivity contribution is 5.68. The Labute approximate surface area is 207 Å². The van der Waals surface area contributed by atoms with Crippen molar-refractivity contribution in [1.82, 2.24) is 19.7 Å². The molecule has 0 saturated carbocycles. The molecule has 0 aliphatic carbocycles. The number of ether oxygens (including phenoxy) is 2. The van der Waals surface area contributed by atoms with Crippen LogP contribution in [-0.4, -0.2) is 57.6 Å². The van der Waals surface area contributed by atoms with Crippen molar-refractivity contribution in [2.75, 3.05) is 25.5 Å². The lowest BCUT2D eigenvalue weighted by atomic mass is 9.82. The lowest BCUT2D eigenvalue weighted by molar-refractivity contribution is -0.137. The molecule has 0 bridgehead atoms. The Morgan fingerprint density at radius 3 is 2.44 bits per heavy atom. The molecule has 0 radical (unpaired) electrons. The van der Waals surface area contributed by atoms with E-state index in [-0.39, 0.29) is 34.4 Å². The first-order valence-electron chi connectivity index (χ1n) is 11.4. The number of carbonyl (C=O) groups is 1. The van der Waals surface area contributed by atoms with Gasteiger partial charge in [0.15, 0.2) is 5.82 Å². The summed E-state index contributed by atoms with van der Waals surface area (Å²) in [5, 5.41) is 11.2. The van der Waals surface area contributed by atoms with Crippen LogP contribution in [0.15, 0.2) is 23.0 Å². The van der Waals surface area contributed by atoms with Crippen molar-refractivity contribution in [1.29, 1.82) is 0 Å². The van der Waals surface area contributed by atoms with Gasteiger partial charge in [-0.3, -0.25) is 9.36 Å². The number of alkyl halides is 3. The highest BCUT2D eigenvalue weighted by atomic mass is 19.4. The van der Waals surface area contributed by atoms with E-state index in [4.69, 9.17) is 9.47 Å².